The Hall–Kier alpha value is -1.60. The van der Waals surface area contributed by atoms with Gasteiger partial charge in [-0.15, -0.1) is 0 Å². The van der Waals surface area contributed by atoms with Crippen molar-refractivity contribution in [2.24, 2.45) is 0 Å². The van der Waals surface area contributed by atoms with Crippen molar-refractivity contribution in [3.8, 4) is 5.75 Å². The molecular formula is C16H26N2O4S. The molecule has 23 heavy (non-hydrogen) atoms. The van der Waals surface area contributed by atoms with E-state index in [2.05, 4.69) is 5.32 Å². The van der Waals surface area contributed by atoms with Gasteiger partial charge in [0, 0.05) is 13.1 Å². The minimum absolute atomic E-state index is 0.0863. The summed E-state index contributed by atoms with van der Waals surface area (Å²) in [6, 6.07) is 4.97. The maximum atomic E-state index is 12.8. The maximum Gasteiger partial charge on any atom is 0.247 e. The molecule has 1 amide bonds. The Labute approximate surface area is 138 Å². The summed E-state index contributed by atoms with van der Waals surface area (Å²) in [5.74, 6) is -0.0177. The zero-order valence-corrected chi connectivity index (χ0v) is 15.1. The second kappa shape index (κ2) is 8.88. The van der Waals surface area contributed by atoms with Crippen LogP contribution in [0, 0.1) is 6.92 Å². The average Bonchev–Trinajstić information content (AvgIpc) is 2.52. The van der Waals surface area contributed by atoms with Crippen molar-refractivity contribution in [2.45, 2.75) is 38.5 Å². The van der Waals surface area contributed by atoms with E-state index in [0.717, 1.165) is 22.7 Å². The molecule has 0 saturated heterocycles. The lowest BCUT2D eigenvalue weighted by Crippen LogP contribution is -2.40. The van der Waals surface area contributed by atoms with Crippen LogP contribution >= 0.6 is 0 Å². The highest BCUT2D eigenvalue weighted by atomic mass is 32.2. The summed E-state index contributed by atoms with van der Waals surface area (Å²) in [4.78, 5) is 12.0. The summed E-state index contributed by atoms with van der Waals surface area (Å²) in [5.41, 5.74) is 0.813. The Morgan fingerprint density at radius 1 is 1.30 bits per heavy atom. The fourth-order valence-corrected chi connectivity index (χ4v) is 3.76. The summed E-state index contributed by atoms with van der Waals surface area (Å²) in [5, 5.41) is 2.74. The second-order valence-electron chi connectivity index (χ2n) is 5.29. The average molecular weight is 342 g/mol. The lowest BCUT2D eigenvalue weighted by Gasteiger charge is -2.21. The quantitative estimate of drug-likeness (QED) is 0.696. The Kier molecular flexibility index (Phi) is 7.51. The first kappa shape index (κ1) is 19.4. The van der Waals surface area contributed by atoms with Crippen molar-refractivity contribution in [1.29, 1.82) is 0 Å². The van der Waals surface area contributed by atoms with E-state index in [1.54, 1.807) is 25.1 Å². The molecule has 0 unspecified atom stereocenters. The van der Waals surface area contributed by atoms with Crippen LogP contribution in [-0.4, -0.2) is 45.4 Å². The lowest BCUT2D eigenvalue weighted by atomic mass is 10.2. The molecule has 130 valence electrons. The minimum Gasteiger partial charge on any atom is -0.495 e. The molecule has 0 bridgehead atoms. The van der Waals surface area contributed by atoms with Crippen molar-refractivity contribution in [3.05, 3.63) is 23.8 Å². The van der Waals surface area contributed by atoms with Crippen LogP contribution in [0.1, 0.15) is 32.3 Å². The molecule has 1 aromatic rings. The summed E-state index contributed by atoms with van der Waals surface area (Å²) in [6.07, 6.45) is 1.84. The van der Waals surface area contributed by atoms with Gasteiger partial charge in [0.25, 0.3) is 0 Å². The van der Waals surface area contributed by atoms with E-state index < -0.39 is 10.0 Å². The zero-order chi connectivity index (χ0) is 17.5. The largest absolute Gasteiger partial charge is 0.495 e. The Morgan fingerprint density at radius 2 is 2.00 bits per heavy atom. The van der Waals surface area contributed by atoms with Crippen molar-refractivity contribution in [2.75, 3.05) is 26.7 Å². The molecule has 0 saturated carbocycles. The van der Waals surface area contributed by atoms with Crippen molar-refractivity contribution in [1.82, 2.24) is 9.62 Å². The topological polar surface area (TPSA) is 75.7 Å². The molecule has 0 atom stereocenters. The number of carbonyl (C=O) groups is 1. The second-order valence-corrected chi connectivity index (χ2v) is 7.20. The number of benzene rings is 1. The van der Waals surface area contributed by atoms with Crippen molar-refractivity contribution >= 4 is 15.9 Å². The summed E-state index contributed by atoms with van der Waals surface area (Å²) in [7, 11) is -2.37. The molecule has 0 radical (unpaired) electrons. The molecule has 0 aliphatic heterocycles. The predicted octanol–water partition coefficient (Wildman–Crippen LogP) is 1.93. The number of hydrogen-bond acceptors (Lipinski definition) is 4. The van der Waals surface area contributed by atoms with Crippen LogP contribution in [0.2, 0.25) is 0 Å². The highest BCUT2D eigenvalue weighted by molar-refractivity contribution is 7.89. The van der Waals surface area contributed by atoms with Gasteiger partial charge >= 0.3 is 0 Å². The fourth-order valence-electron chi connectivity index (χ4n) is 2.11. The van der Waals surface area contributed by atoms with Gasteiger partial charge < -0.3 is 10.1 Å². The third-order valence-electron chi connectivity index (χ3n) is 3.46. The number of nitrogens with zero attached hydrogens (tertiary/aromatic N) is 1. The van der Waals surface area contributed by atoms with Crippen LogP contribution in [0.15, 0.2) is 23.1 Å². The number of nitrogens with one attached hydrogen (secondary N) is 1. The maximum absolute atomic E-state index is 12.8. The van der Waals surface area contributed by atoms with Crippen molar-refractivity contribution < 1.29 is 17.9 Å². The number of ether oxygens (including phenoxy) is 1. The standard InChI is InChI=1S/C16H26N2O4S/c1-5-7-10-17-16(19)12-18(6-2)23(20,21)15-11-13(3)8-9-14(15)22-4/h8-9,11H,5-7,10,12H2,1-4H3,(H,17,19). The normalized spacial score (nSPS) is 11.5. The SMILES string of the molecule is CCCCNC(=O)CN(CC)S(=O)(=O)c1cc(C)ccc1OC. The molecule has 1 N–H and O–H groups in total. The van der Waals surface area contributed by atoms with E-state index in [1.807, 2.05) is 13.8 Å². The Balaban J connectivity index is 2.99. The first-order chi connectivity index (χ1) is 10.9. The molecule has 0 aromatic heterocycles. The van der Waals surface area contributed by atoms with Gasteiger partial charge in [-0.3, -0.25) is 4.79 Å². The molecule has 0 aliphatic carbocycles. The number of hydrogen-bond donors (Lipinski definition) is 1. The third-order valence-corrected chi connectivity index (χ3v) is 5.40. The Morgan fingerprint density at radius 3 is 2.57 bits per heavy atom. The number of rotatable bonds is 9. The minimum atomic E-state index is -3.79. The van der Waals surface area contributed by atoms with E-state index in [1.165, 1.54) is 7.11 Å². The van der Waals surface area contributed by atoms with Gasteiger partial charge in [0.2, 0.25) is 15.9 Å². The van der Waals surface area contributed by atoms with E-state index >= 15 is 0 Å². The molecule has 0 aliphatic rings. The molecule has 0 fully saturated rings. The van der Waals surface area contributed by atoms with Crippen molar-refractivity contribution in [3.63, 3.8) is 0 Å². The number of aryl methyl sites for hydroxylation is 1. The van der Waals surface area contributed by atoms with Gasteiger partial charge in [-0.1, -0.05) is 26.3 Å². The zero-order valence-electron chi connectivity index (χ0n) is 14.3. The van der Waals surface area contributed by atoms with Gasteiger partial charge in [-0.05, 0) is 31.0 Å². The molecule has 1 aromatic carbocycles. The number of amides is 1. The monoisotopic (exact) mass is 342 g/mol. The van der Waals surface area contributed by atoms with Gasteiger partial charge in [0.1, 0.15) is 10.6 Å². The van der Waals surface area contributed by atoms with E-state index in [-0.39, 0.29) is 29.6 Å². The van der Waals surface area contributed by atoms with Crippen LogP contribution < -0.4 is 10.1 Å². The molecule has 6 nitrogen and oxygen atoms in total. The lowest BCUT2D eigenvalue weighted by molar-refractivity contribution is -0.121. The fraction of sp³-hybridized carbons (Fsp3) is 0.562. The first-order valence-corrected chi connectivity index (χ1v) is 9.22. The summed E-state index contributed by atoms with van der Waals surface area (Å²) < 4.78 is 32.0. The van der Waals surface area contributed by atoms with Crippen LogP contribution in [0.5, 0.6) is 5.75 Å². The summed E-state index contributed by atoms with van der Waals surface area (Å²) in [6.45, 7) is 6.12. The molecule has 0 heterocycles. The van der Waals surface area contributed by atoms with E-state index in [4.69, 9.17) is 4.74 Å². The van der Waals surface area contributed by atoms with Gasteiger partial charge in [-0.25, -0.2) is 8.42 Å². The van der Waals surface area contributed by atoms with Crippen LogP contribution in [-0.2, 0) is 14.8 Å². The number of unbranched alkanes of at least 4 members (excludes halogenated alkanes) is 1. The van der Waals surface area contributed by atoms with E-state index in [9.17, 15) is 13.2 Å². The summed E-state index contributed by atoms with van der Waals surface area (Å²) >= 11 is 0. The smallest absolute Gasteiger partial charge is 0.247 e. The van der Waals surface area contributed by atoms with Crippen LogP contribution in [0.4, 0.5) is 0 Å². The molecule has 0 spiro atoms. The number of methoxy groups -OCH3 is 1. The third kappa shape index (κ3) is 5.21. The highest BCUT2D eigenvalue weighted by Gasteiger charge is 2.28. The highest BCUT2D eigenvalue weighted by Crippen LogP contribution is 2.27. The van der Waals surface area contributed by atoms with E-state index in [0.29, 0.717) is 6.54 Å². The predicted molar refractivity (Wildman–Crippen MR) is 90.1 cm³/mol. The molecule has 1 rings (SSSR count). The number of sulfonamides is 1. The van der Waals surface area contributed by atoms with Crippen LogP contribution in [0.3, 0.4) is 0 Å². The number of likely N-dealkylation sites (N-methyl/N-ethyl adjacent to an activating group) is 1. The molecule has 7 heteroatoms. The first-order valence-electron chi connectivity index (χ1n) is 7.78. The molecular weight excluding hydrogens is 316 g/mol. The van der Waals surface area contributed by atoms with Gasteiger partial charge in [0.15, 0.2) is 0 Å². The van der Waals surface area contributed by atoms with Gasteiger partial charge in [0.05, 0.1) is 13.7 Å². The van der Waals surface area contributed by atoms with Crippen LogP contribution in [0.25, 0.3) is 0 Å². The van der Waals surface area contributed by atoms with Gasteiger partial charge in [-0.2, -0.15) is 4.31 Å². The Bertz CT molecular complexity index is 629. The number of carbonyl (C=O) groups excluding carboxylic acids is 1.